The van der Waals surface area contributed by atoms with E-state index in [9.17, 15) is 4.79 Å². The van der Waals surface area contributed by atoms with Crippen molar-refractivity contribution in [2.45, 2.75) is 13.3 Å². The molecular weight excluding hydrogens is 477 g/mol. The zero-order valence-corrected chi connectivity index (χ0v) is 18.9. The highest BCUT2D eigenvalue weighted by atomic mass is 127. The van der Waals surface area contributed by atoms with Crippen molar-refractivity contribution in [1.82, 2.24) is 20.9 Å². The molecule has 1 heterocycles. The number of aliphatic imine (C=N–C) groups is 1. The standard InChI is InChI=1S/C22H27N5O.HI/c1-2-23-22(26-15-14-24-21(28)17-8-4-3-5-9-17)25-13-12-18-16-27-20-11-7-6-10-19(18)20;/h3-11,16,27H,2,12-15H2,1H3,(H,24,28)(H2,23,25,26);1H. The number of para-hydroxylation sites is 1. The molecule has 2 aromatic carbocycles. The van der Waals surface area contributed by atoms with E-state index in [-0.39, 0.29) is 29.9 Å². The molecule has 0 atom stereocenters. The molecular formula is C22H28IN5O. The van der Waals surface area contributed by atoms with Crippen LogP contribution in [0, 0.1) is 0 Å². The molecule has 3 rings (SSSR count). The number of hydrogen-bond donors (Lipinski definition) is 4. The summed E-state index contributed by atoms with van der Waals surface area (Å²) in [4.78, 5) is 20.0. The topological polar surface area (TPSA) is 81.3 Å². The van der Waals surface area contributed by atoms with Crippen LogP contribution in [-0.2, 0) is 6.42 Å². The molecule has 3 aromatic rings. The lowest BCUT2D eigenvalue weighted by molar-refractivity contribution is 0.0954. The van der Waals surface area contributed by atoms with E-state index >= 15 is 0 Å². The number of benzene rings is 2. The largest absolute Gasteiger partial charge is 0.361 e. The van der Waals surface area contributed by atoms with Crippen molar-refractivity contribution in [3.8, 4) is 0 Å². The minimum absolute atomic E-state index is 0. The molecule has 0 unspecified atom stereocenters. The van der Waals surface area contributed by atoms with Gasteiger partial charge in [0, 0.05) is 48.8 Å². The van der Waals surface area contributed by atoms with Crippen LogP contribution in [0.2, 0.25) is 0 Å². The fourth-order valence-corrected chi connectivity index (χ4v) is 3.02. The fourth-order valence-electron chi connectivity index (χ4n) is 3.02. The zero-order chi connectivity index (χ0) is 19.6. The van der Waals surface area contributed by atoms with Gasteiger partial charge < -0.3 is 20.9 Å². The van der Waals surface area contributed by atoms with Gasteiger partial charge in [-0.1, -0.05) is 36.4 Å². The van der Waals surface area contributed by atoms with Crippen molar-refractivity contribution < 1.29 is 4.79 Å². The Balaban J connectivity index is 0.00000300. The third-order valence-electron chi connectivity index (χ3n) is 4.41. The van der Waals surface area contributed by atoms with E-state index < -0.39 is 0 Å². The van der Waals surface area contributed by atoms with Crippen LogP contribution in [0.5, 0.6) is 0 Å². The molecule has 154 valence electrons. The number of rotatable bonds is 8. The Labute approximate surface area is 188 Å². The van der Waals surface area contributed by atoms with E-state index in [2.05, 4.69) is 50.3 Å². The normalized spacial score (nSPS) is 11.0. The Morgan fingerprint density at radius 1 is 0.966 bits per heavy atom. The van der Waals surface area contributed by atoms with Gasteiger partial charge in [0.2, 0.25) is 0 Å². The number of aromatic nitrogens is 1. The molecule has 0 spiro atoms. The number of guanidine groups is 1. The number of hydrogen-bond acceptors (Lipinski definition) is 2. The molecule has 29 heavy (non-hydrogen) atoms. The average Bonchev–Trinajstić information content (AvgIpc) is 3.15. The first-order valence-corrected chi connectivity index (χ1v) is 9.68. The van der Waals surface area contributed by atoms with Gasteiger partial charge in [0.1, 0.15) is 0 Å². The van der Waals surface area contributed by atoms with E-state index in [0.29, 0.717) is 25.2 Å². The molecule has 0 saturated heterocycles. The van der Waals surface area contributed by atoms with Crippen LogP contribution in [0.3, 0.4) is 0 Å². The van der Waals surface area contributed by atoms with Crippen LogP contribution in [0.25, 0.3) is 10.9 Å². The van der Waals surface area contributed by atoms with Gasteiger partial charge in [-0.2, -0.15) is 0 Å². The highest BCUT2D eigenvalue weighted by Crippen LogP contribution is 2.17. The lowest BCUT2D eigenvalue weighted by Crippen LogP contribution is -2.41. The maximum absolute atomic E-state index is 12.0. The molecule has 1 aromatic heterocycles. The van der Waals surface area contributed by atoms with Crippen LogP contribution in [0.1, 0.15) is 22.8 Å². The molecule has 1 amide bonds. The number of halogens is 1. The van der Waals surface area contributed by atoms with Crippen LogP contribution >= 0.6 is 24.0 Å². The van der Waals surface area contributed by atoms with Gasteiger partial charge in [0.05, 0.1) is 0 Å². The van der Waals surface area contributed by atoms with Crippen LogP contribution in [-0.4, -0.2) is 43.0 Å². The van der Waals surface area contributed by atoms with Gasteiger partial charge in [-0.3, -0.25) is 9.79 Å². The van der Waals surface area contributed by atoms with Crippen molar-refractivity contribution >= 4 is 46.7 Å². The summed E-state index contributed by atoms with van der Waals surface area (Å²) in [5.41, 5.74) is 3.09. The predicted molar refractivity (Wildman–Crippen MR) is 130 cm³/mol. The molecule has 0 bridgehead atoms. The van der Waals surface area contributed by atoms with Crippen LogP contribution < -0.4 is 16.0 Å². The average molecular weight is 505 g/mol. The highest BCUT2D eigenvalue weighted by Gasteiger charge is 2.04. The monoisotopic (exact) mass is 505 g/mol. The molecule has 6 nitrogen and oxygen atoms in total. The molecule has 0 fully saturated rings. The molecule has 0 aliphatic rings. The van der Waals surface area contributed by atoms with E-state index in [0.717, 1.165) is 24.4 Å². The number of carbonyl (C=O) groups excluding carboxylic acids is 1. The van der Waals surface area contributed by atoms with Crippen molar-refractivity contribution in [3.05, 3.63) is 71.9 Å². The van der Waals surface area contributed by atoms with Gasteiger partial charge in [0.15, 0.2) is 5.96 Å². The van der Waals surface area contributed by atoms with Gasteiger partial charge in [0.25, 0.3) is 5.91 Å². The summed E-state index contributed by atoms with van der Waals surface area (Å²) in [7, 11) is 0. The summed E-state index contributed by atoms with van der Waals surface area (Å²) in [6, 6.07) is 17.5. The summed E-state index contributed by atoms with van der Waals surface area (Å²) in [5.74, 6) is 0.694. The van der Waals surface area contributed by atoms with Crippen LogP contribution in [0.4, 0.5) is 0 Å². The Morgan fingerprint density at radius 3 is 2.48 bits per heavy atom. The molecule has 0 aliphatic carbocycles. The van der Waals surface area contributed by atoms with Crippen molar-refractivity contribution in [1.29, 1.82) is 0 Å². The van der Waals surface area contributed by atoms with E-state index in [4.69, 9.17) is 0 Å². The molecule has 7 heteroatoms. The van der Waals surface area contributed by atoms with Gasteiger partial charge >= 0.3 is 0 Å². The number of nitrogens with one attached hydrogen (secondary N) is 4. The van der Waals surface area contributed by atoms with Gasteiger partial charge in [-0.05, 0) is 37.1 Å². The SMILES string of the molecule is CCNC(=NCCc1c[nH]c2ccccc12)NCCNC(=O)c1ccccc1.I. The predicted octanol–water partition coefficient (Wildman–Crippen LogP) is 3.31. The van der Waals surface area contributed by atoms with E-state index in [1.165, 1.54) is 10.9 Å². The van der Waals surface area contributed by atoms with Crippen molar-refractivity contribution in [2.75, 3.05) is 26.2 Å². The number of fused-ring (bicyclic) bond motifs is 1. The van der Waals surface area contributed by atoms with Crippen molar-refractivity contribution in [3.63, 3.8) is 0 Å². The first kappa shape index (κ1) is 22.7. The van der Waals surface area contributed by atoms with Crippen LogP contribution in [0.15, 0.2) is 65.8 Å². The lowest BCUT2D eigenvalue weighted by atomic mass is 10.1. The van der Waals surface area contributed by atoms with E-state index in [1.54, 1.807) is 12.1 Å². The quantitative estimate of drug-likeness (QED) is 0.164. The maximum atomic E-state index is 12.0. The first-order valence-electron chi connectivity index (χ1n) is 9.68. The minimum atomic E-state index is -0.0660. The summed E-state index contributed by atoms with van der Waals surface area (Å²) in [5, 5.41) is 10.7. The second-order valence-electron chi connectivity index (χ2n) is 6.42. The number of nitrogens with zero attached hydrogens (tertiary/aromatic N) is 1. The second-order valence-corrected chi connectivity index (χ2v) is 6.42. The Hall–Kier alpha value is -2.55. The maximum Gasteiger partial charge on any atom is 0.251 e. The summed E-state index contributed by atoms with van der Waals surface area (Å²) >= 11 is 0. The molecule has 0 aliphatic heterocycles. The Morgan fingerprint density at radius 2 is 1.69 bits per heavy atom. The third-order valence-corrected chi connectivity index (χ3v) is 4.41. The highest BCUT2D eigenvalue weighted by molar-refractivity contribution is 14.0. The zero-order valence-electron chi connectivity index (χ0n) is 16.6. The van der Waals surface area contributed by atoms with Crippen molar-refractivity contribution in [2.24, 2.45) is 4.99 Å². The second kappa shape index (κ2) is 12.1. The Kier molecular flexibility index (Phi) is 9.49. The molecule has 0 radical (unpaired) electrons. The first-order chi connectivity index (χ1) is 13.8. The fraction of sp³-hybridized carbons (Fsp3) is 0.273. The lowest BCUT2D eigenvalue weighted by Gasteiger charge is -2.12. The number of aromatic amines is 1. The third kappa shape index (κ3) is 6.77. The number of amides is 1. The smallest absolute Gasteiger partial charge is 0.251 e. The van der Waals surface area contributed by atoms with Gasteiger partial charge in [-0.15, -0.1) is 24.0 Å². The molecule has 0 saturated carbocycles. The summed E-state index contributed by atoms with van der Waals surface area (Å²) in [6.07, 6.45) is 2.92. The number of carbonyl (C=O) groups is 1. The summed E-state index contributed by atoms with van der Waals surface area (Å²) in [6.45, 7) is 4.65. The minimum Gasteiger partial charge on any atom is -0.361 e. The van der Waals surface area contributed by atoms with E-state index in [1.807, 2.05) is 31.2 Å². The molecule has 4 N–H and O–H groups in total. The Bertz CT molecular complexity index is 923. The number of H-pyrrole nitrogens is 1. The summed E-state index contributed by atoms with van der Waals surface area (Å²) < 4.78 is 0. The van der Waals surface area contributed by atoms with Gasteiger partial charge in [-0.25, -0.2) is 0 Å².